The average molecular weight is 427 g/mol. The number of halogens is 2. The Kier molecular flexibility index (Phi) is 5.81. The second-order valence-corrected chi connectivity index (χ2v) is 7.83. The Bertz CT molecular complexity index is 595. The predicted molar refractivity (Wildman–Crippen MR) is 89.9 cm³/mol. The van der Waals surface area contributed by atoms with Crippen molar-refractivity contribution >= 4 is 38.5 Å². The van der Waals surface area contributed by atoms with Gasteiger partial charge in [-0.05, 0) is 60.7 Å². The van der Waals surface area contributed by atoms with Gasteiger partial charge in [-0.15, -0.1) is 0 Å². The summed E-state index contributed by atoms with van der Waals surface area (Å²) in [5, 5.41) is 3.04. The van der Waals surface area contributed by atoms with Crippen LogP contribution in [-0.2, 0) is 10.2 Å². The van der Waals surface area contributed by atoms with Crippen LogP contribution in [0.5, 0.6) is 0 Å². The summed E-state index contributed by atoms with van der Waals surface area (Å²) in [4.78, 5) is 0. The lowest BCUT2D eigenvalue weighted by Crippen LogP contribution is -2.50. The smallest absolute Gasteiger partial charge is 0.301 e. The SMILES string of the molecule is CNCC1CCCCN1S(=O)(=O)Nc1ccc(F)cc1I. The van der Waals surface area contributed by atoms with Gasteiger partial charge in [0.25, 0.3) is 0 Å². The molecule has 1 fully saturated rings. The monoisotopic (exact) mass is 427 g/mol. The Hall–Kier alpha value is -0.450. The van der Waals surface area contributed by atoms with Crippen molar-refractivity contribution in [3.05, 3.63) is 27.6 Å². The van der Waals surface area contributed by atoms with E-state index in [0.29, 0.717) is 22.3 Å². The fraction of sp³-hybridized carbons (Fsp3) is 0.538. The van der Waals surface area contributed by atoms with Gasteiger partial charge < -0.3 is 5.32 Å². The summed E-state index contributed by atoms with van der Waals surface area (Å²) in [6, 6.07) is 3.96. The molecule has 0 saturated carbocycles. The normalized spacial score (nSPS) is 20.4. The van der Waals surface area contributed by atoms with E-state index < -0.39 is 10.2 Å². The Morgan fingerprint density at radius 1 is 1.43 bits per heavy atom. The number of nitrogens with one attached hydrogen (secondary N) is 2. The van der Waals surface area contributed by atoms with Gasteiger partial charge in [0.2, 0.25) is 0 Å². The van der Waals surface area contributed by atoms with Gasteiger partial charge in [-0.2, -0.15) is 12.7 Å². The van der Waals surface area contributed by atoms with Crippen LogP contribution in [0.2, 0.25) is 0 Å². The molecule has 0 spiro atoms. The maximum Gasteiger partial charge on any atom is 0.301 e. The van der Waals surface area contributed by atoms with Crippen molar-refractivity contribution in [3.8, 4) is 0 Å². The molecule has 1 aliphatic rings. The highest BCUT2D eigenvalue weighted by Gasteiger charge is 2.32. The zero-order valence-electron chi connectivity index (χ0n) is 11.8. The van der Waals surface area contributed by atoms with E-state index in [1.165, 1.54) is 22.5 Å². The molecule has 1 aromatic carbocycles. The van der Waals surface area contributed by atoms with Crippen molar-refractivity contribution in [1.82, 2.24) is 9.62 Å². The number of hydrogen-bond donors (Lipinski definition) is 2. The molecule has 0 radical (unpaired) electrons. The highest BCUT2D eigenvalue weighted by molar-refractivity contribution is 14.1. The van der Waals surface area contributed by atoms with E-state index in [2.05, 4.69) is 10.0 Å². The number of nitrogens with zero attached hydrogens (tertiary/aromatic N) is 1. The molecule has 2 N–H and O–H groups in total. The molecule has 1 aromatic rings. The Balaban J connectivity index is 2.20. The summed E-state index contributed by atoms with van der Waals surface area (Å²) in [7, 11) is -1.81. The summed E-state index contributed by atoms with van der Waals surface area (Å²) in [6.45, 7) is 1.14. The highest BCUT2D eigenvalue weighted by atomic mass is 127. The molecule has 1 heterocycles. The van der Waals surface area contributed by atoms with Crippen LogP contribution in [0.15, 0.2) is 18.2 Å². The standard InChI is InChI=1S/C13H19FIN3O2S/c1-16-9-11-4-2-3-7-18(11)21(19,20)17-13-6-5-10(14)8-12(13)15/h5-6,8,11,16-17H,2-4,7,9H2,1H3. The Morgan fingerprint density at radius 2 is 2.19 bits per heavy atom. The van der Waals surface area contributed by atoms with Gasteiger partial charge in [-0.1, -0.05) is 6.42 Å². The predicted octanol–water partition coefficient (Wildman–Crippen LogP) is 2.16. The minimum absolute atomic E-state index is 0.0423. The van der Waals surface area contributed by atoms with Gasteiger partial charge in [0, 0.05) is 22.7 Å². The molecular formula is C13H19FIN3O2S. The molecule has 1 unspecified atom stereocenters. The van der Waals surface area contributed by atoms with E-state index in [4.69, 9.17) is 0 Å². The summed E-state index contributed by atoms with van der Waals surface area (Å²) >= 11 is 1.92. The maximum absolute atomic E-state index is 13.1. The second-order valence-electron chi connectivity index (χ2n) is 5.05. The lowest BCUT2D eigenvalue weighted by atomic mass is 10.1. The quantitative estimate of drug-likeness (QED) is 0.709. The van der Waals surface area contributed by atoms with Gasteiger partial charge in [0.1, 0.15) is 5.82 Å². The van der Waals surface area contributed by atoms with Crippen LogP contribution in [0, 0.1) is 9.39 Å². The van der Waals surface area contributed by atoms with Crippen LogP contribution in [0.1, 0.15) is 19.3 Å². The third-order valence-corrected chi connectivity index (χ3v) is 5.96. The molecule has 1 aliphatic heterocycles. The second kappa shape index (κ2) is 7.21. The van der Waals surface area contributed by atoms with Crippen molar-refractivity contribution < 1.29 is 12.8 Å². The van der Waals surface area contributed by atoms with E-state index in [-0.39, 0.29) is 11.9 Å². The molecule has 118 valence electrons. The van der Waals surface area contributed by atoms with Gasteiger partial charge >= 0.3 is 10.2 Å². The van der Waals surface area contributed by atoms with Crippen molar-refractivity contribution in [1.29, 1.82) is 0 Å². The first kappa shape index (κ1) is 16.9. The zero-order chi connectivity index (χ0) is 15.5. The van der Waals surface area contributed by atoms with Crippen molar-refractivity contribution in [2.24, 2.45) is 0 Å². The summed E-state index contributed by atoms with van der Waals surface area (Å²) in [6.07, 6.45) is 2.75. The van der Waals surface area contributed by atoms with E-state index in [0.717, 1.165) is 19.3 Å². The molecular weight excluding hydrogens is 408 g/mol. The molecule has 0 bridgehead atoms. The highest BCUT2D eigenvalue weighted by Crippen LogP contribution is 2.24. The number of rotatable bonds is 5. The molecule has 0 aliphatic carbocycles. The third-order valence-electron chi connectivity index (χ3n) is 3.49. The fourth-order valence-corrected chi connectivity index (χ4v) is 4.81. The van der Waals surface area contributed by atoms with Crippen molar-refractivity contribution in [3.63, 3.8) is 0 Å². The minimum Gasteiger partial charge on any atom is -0.318 e. The molecule has 0 amide bonds. The molecule has 21 heavy (non-hydrogen) atoms. The number of piperidine rings is 1. The Labute approximate surface area is 138 Å². The first-order chi connectivity index (χ1) is 9.94. The van der Waals surface area contributed by atoms with E-state index in [9.17, 15) is 12.8 Å². The van der Waals surface area contributed by atoms with Crippen LogP contribution in [0.3, 0.4) is 0 Å². The van der Waals surface area contributed by atoms with Crippen LogP contribution < -0.4 is 10.0 Å². The lowest BCUT2D eigenvalue weighted by molar-refractivity contribution is 0.250. The zero-order valence-corrected chi connectivity index (χ0v) is 14.7. The third kappa shape index (κ3) is 4.27. The lowest BCUT2D eigenvalue weighted by Gasteiger charge is -2.34. The number of likely N-dealkylation sites (N-methyl/N-ethyl adjacent to an activating group) is 1. The largest absolute Gasteiger partial charge is 0.318 e. The average Bonchev–Trinajstić information content (AvgIpc) is 2.43. The summed E-state index contributed by atoms with van der Waals surface area (Å²) < 4.78 is 42.8. The minimum atomic E-state index is -3.63. The molecule has 0 aromatic heterocycles. The summed E-state index contributed by atoms with van der Waals surface area (Å²) in [5.41, 5.74) is 0.408. The van der Waals surface area contributed by atoms with Gasteiger partial charge in [0.05, 0.1) is 5.69 Å². The molecule has 1 saturated heterocycles. The first-order valence-corrected chi connectivity index (χ1v) is 9.35. The van der Waals surface area contributed by atoms with Crippen LogP contribution in [-0.4, -0.2) is 38.9 Å². The first-order valence-electron chi connectivity index (χ1n) is 6.83. The molecule has 5 nitrogen and oxygen atoms in total. The molecule has 1 atom stereocenters. The van der Waals surface area contributed by atoms with E-state index in [1.54, 1.807) is 0 Å². The number of hydrogen-bond acceptors (Lipinski definition) is 3. The van der Waals surface area contributed by atoms with Crippen molar-refractivity contribution in [2.45, 2.75) is 25.3 Å². The van der Waals surface area contributed by atoms with Gasteiger partial charge in [0.15, 0.2) is 0 Å². The topological polar surface area (TPSA) is 61.4 Å². The van der Waals surface area contributed by atoms with Crippen LogP contribution in [0.25, 0.3) is 0 Å². The fourth-order valence-electron chi connectivity index (χ4n) is 2.50. The number of benzene rings is 1. The maximum atomic E-state index is 13.1. The Morgan fingerprint density at radius 3 is 2.86 bits per heavy atom. The van der Waals surface area contributed by atoms with Crippen LogP contribution >= 0.6 is 22.6 Å². The van der Waals surface area contributed by atoms with E-state index in [1.807, 2.05) is 29.6 Å². The summed E-state index contributed by atoms with van der Waals surface area (Å²) in [5.74, 6) is -0.381. The molecule has 8 heteroatoms. The number of anilines is 1. The van der Waals surface area contributed by atoms with Gasteiger partial charge in [-0.25, -0.2) is 4.39 Å². The van der Waals surface area contributed by atoms with Crippen molar-refractivity contribution in [2.75, 3.05) is 24.9 Å². The van der Waals surface area contributed by atoms with E-state index >= 15 is 0 Å². The molecule has 2 rings (SSSR count). The van der Waals surface area contributed by atoms with Gasteiger partial charge in [-0.3, -0.25) is 4.72 Å². The van der Waals surface area contributed by atoms with Crippen LogP contribution in [0.4, 0.5) is 10.1 Å².